The number of aromatic nitrogens is 2. The fourth-order valence-electron chi connectivity index (χ4n) is 3.12. The minimum Gasteiger partial charge on any atom is -0.376 e. The smallest absolute Gasteiger partial charge is 0.132 e. The first-order chi connectivity index (χ1) is 9.33. The van der Waals surface area contributed by atoms with E-state index >= 15 is 0 Å². The Labute approximate surface area is 115 Å². The van der Waals surface area contributed by atoms with Gasteiger partial charge in [-0.3, -0.25) is 0 Å². The summed E-state index contributed by atoms with van der Waals surface area (Å²) in [6.07, 6.45) is 11.3. The molecule has 0 atom stereocenters. The van der Waals surface area contributed by atoms with Crippen LogP contribution in [0.4, 0.5) is 5.82 Å². The van der Waals surface area contributed by atoms with Crippen LogP contribution in [0.1, 0.15) is 49.8 Å². The zero-order valence-electron chi connectivity index (χ0n) is 11.7. The predicted molar refractivity (Wildman–Crippen MR) is 75.4 cm³/mol. The van der Waals surface area contributed by atoms with Crippen LogP contribution in [0.5, 0.6) is 0 Å². The predicted octanol–water partition coefficient (Wildman–Crippen LogP) is 2.73. The number of rotatable bonds is 4. The molecule has 0 amide bonds. The van der Waals surface area contributed by atoms with E-state index in [4.69, 9.17) is 4.74 Å². The molecule has 0 aromatic carbocycles. The van der Waals surface area contributed by atoms with Crippen molar-refractivity contribution in [2.75, 3.05) is 19.0 Å². The zero-order chi connectivity index (χ0) is 13.1. The van der Waals surface area contributed by atoms with E-state index in [9.17, 15) is 0 Å². The molecule has 2 aliphatic rings. The molecule has 1 N–H and O–H groups in total. The molecule has 1 fully saturated rings. The third-order valence-corrected chi connectivity index (χ3v) is 4.65. The molecule has 1 heterocycles. The molecule has 0 bridgehead atoms. The number of ether oxygens (including phenoxy) is 1. The zero-order valence-corrected chi connectivity index (χ0v) is 11.7. The number of hydrogen-bond donors (Lipinski definition) is 1. The maximum Gasteiger partial charge on any atom is 0.132 e. The normalized spacial score (nSPS) is 21.1. The molecular weight excluding hydrogens is 238 g/mol. The quantitative estimate of drug-likeness (QED) is 0.847. The largest absolute Gasteiger partial charge is 0.376 e. The van der Waals surface area contributed by atoms with Crippen LogP contribution >= 0.6 is 0 Å². The summed E-state index contributed by atoms with van der Waals surface area (Å²) >= 11 is 0. The Morgan fingerprint density at radius 1 is 1.16 bits per heavy atom. The third-order valence-electron chi connectivity index (χ3n) is 4.65. The lowest BCUT2D eigenvalue weighted by molar-refractivity contribution is -0.0601. The van der Waals surface area contributed by atoms with Crippen LogP contribution in [0.25, 0.3) is 0 Å². The Hall–Kier alpha value is -1.16. The minimum atomic E-state index is 0.0442. The molecule has 104 valence electrons. The number of anilines is 1. The molecule has 1 aromatic rings. The highest BCUT2D eigenvalue weighted by molar-refractivity contribution is 5.47. The van der Waals surface area contributed by atoms with E-state index in [2.05, 4.69) is 15.3 Å². The number of nitrogens with one attached hydrogen (secondary N) is 1. The van der Waals surface area contributed by atoms with E-state index in [-0.39, 0.29) is 5.60 Å². The topological polar surface area (TPSA) is 47.0 Å². The SMILES string of the molecule is COC1(CNc2ncnc3c2CCCCC3)CCC1. The van der Waals surface area contributed by atoms with Crippen LogP contribution in [0, 0.1) is 0 Å². The van der Waals surface area contributed by atoms with Gasteiger partial charge in [-0.05, 0) is 44.9 Å². The molecule has 3 rings (SSSR count). The molecule has 2 aliphatic carbocycles. The van der Waals surface area contributed by atoms with Gasteiger partial charge in [-0.25, -0.2) is 9.97 Å². The maximum atomic E-state index is 5.66. The molecule has 19 heavy (non-hydrogen) atoms. The third kappa shape index (κ3) is 2.59. The van der Waals surface area contributed by atoms with Gasteiger partial charge < -0.3 is 10.1 Å². The van der Waals surface area contributed by atoms with Crippen molar-refractivity contribution in [1.29, 1.82) is 0 Å². The number of nitrogens with zero attached hydrogens (tertiary/aromatic N) is 2. The molecule has 4 nitrogen and oxygen atoms in total. The van der Waals surface area contributed by atoms with E-state index < -0.39 is 0 Å². The van der Waals surface area contributed by atoms with Crippen LogP contribution in [0.2, 0.25) is 0 Å². The fourth-order valence-corrected chi connectivity index (χ4v) is 3.12. The van der Waals surface area contributed by atoms with E-state index in [1.54, 1.807) is 6.33 Å². The first-order valence-corrected chi connectivity index (χ1v) is 7.45. The first kappa shape index (κ1) is 12.9. The Bertz CT molecular complexity index is 438. The van der Waals surface area contributed by atoms with Gasteiger partial charge >= 0.3 is 0 Å². The van der Waals surface area contributed by atoms with Gasteiger partial charge in [-0.1, -0.05) is 6.42 Å². The van der Waals surface area contributed by atoms with Crippen molar-refractivity contribution in [2.45, 2.75) is 57.0 Å². The van der Waals surface area contributed by atoms with Crippen molar-refractivity contribution >= 4 is 5.82 Å². The lowest BCUT2D eigenvalue weighted by atomic mass is 9.80. The lowest BCUT2D eigenvalue weighted by Gasteiger charge is -2.40. The van der Waals surface area contributed by atoms with Crippen molar-refractivity contribution < 1.29 is 4.74 Å². The Kier molecular flexibility index (Phi) is 3.69. The van der Waals surface area contributed by atoms with Crippen LogP contribution < -0.4 is 5.32 Å². The van der Waals surface area contributed by atoms with E-state index in [0.29, 0.717) is 0 Å². The molecule has 1 saturated carbocycles. The summed E-state index contributed by atoms with van der Waals surface area (Å²) in [6, 6.07) is 0. The van der Waals surface area contributed by atoms with Crippen molar-refractivity contribution in [3.05, 3.63) is 17.6 Å². The minimum absolute atomic E-state index is 0.0442. The summed E-state index contributed by atoms with van der Waals surface area (Å²) in [4.78, 5) is 8.91. The lowest BCUT2D eigenvalue weighted by Crippen LogP contribution is -2.45. The van der Waals surface area contributed by atoms with Crippen LogP contribution in [-0.4, -0.2) is 29.2 Å². The number of fused-ring (bicyclic) bond motifs is 1. The molecule has 4 heteroatoms. The van der Waals surface area contributed by atoms with Gasteiger partial charge in [0.25, 0.3) is 0 Å². The Balaban J connectivity index is 1.74. The standard InChI is InChI=1S/C15H23N3O/c1-19-15(8-5-9-15)10-16-14-12-6-3-2-4-7-13(12)17-11-18-14/h11H,2-10H2,1H3,(H,16,17,18). The Morgan fingerprint density at radius 2 is 2.00 bits per heavy atom. The fraction of sp³-hybridized carbons (Fsp3) is 0.733. The maximum absolute atomic E-state index is 5.66. The van der Waals surface area contributed by atoms with E-state index in [1.807, 2.05) is 7.11 Å². The summed E-state index contributed by atoms with van der Waals surface area (Å²) in [5, 5.41) is 3.52. The van der Waals surface area contributed by atoms with Gasteiger partial charge in [0.15, 0.2) is 0 Å². The highest BCUT2D eigenvalue weighted by atomic mass is 16.5. The van der Waals surface area contributed by atoms with Gasteiger partial charge in [-0.2, -0.15) is 0 Å². The second-order valence-corrected chi connectivity index (χ2v) is 5.80. The number of hydrogen-bond acceptors (Lipinski definition) is 4. The molecule has 0 radical (unpaired) electrons. The molecular formula is C15H23N3O. The molecule has 0 spiro atoms. The van der Waals surface area contributed by atoms with Crippen LogP contribution in [0.3, 0.4) is 0 Å². The monoisotopic (exact) mass is 261 g/mol. The molecule has 0 unspecified atom stereocenters. The average molecular weight is 261 g/mol. The summed E-state index contributed by atoms with van der Waals surface area (Å²) in [6.45, 7) is 0.868. The molecule has 0 saturated heterocycles. The Morgan fingerprint density at radius 3 is 2.74 bits per heavy atom. The summed E-state index contributed by atoms with van der Waals surface area (Å²) < 4.78 is 5.66. The van der Waals surface area contributed by atoms with Crippen molar-refractivity contribution in [3.8, 4) is 0 Å². The van der Waals surface area contributed by atoms with Crippen molar-refractivity contribution in [1.82, 2.24) is 9.97 Å². The van der Waals surface area contributed by atoms with E-state index in [1.165, 1.54) is 36.9 Å². The highest BCUT2D eigenvalue weighted by Crippen LogP contribution is 2.35. The summed E-state index contributed by atoms with van der Waals surface area (Å²) in [7, 11) is 1.82. The van der Waals surface area contributed by atoms with Gasteiger partial charge in [-0.15, -0.1) is 0 Å². The number of methoxy groups -OCH3 is 1. The van der Waals surface area contributed by atoms with Crippen LogP contribution in [0.15, 0.2) is 6.33 Å². The van der Waals surface area contributed by atoms with Gasteiger partial charge in [0, 0.05) is 24.9 Å². The summed E-state index contributed by atoms with van der Waals surface area (Å²) in [5.41, 5.74) is 2.63. The number of aryl methyl sites for hydroxylation is 1. The highest BCUT2D eigenvalue weighted by Gasteiger charge is 2.37. The van der Waals surface area contributed by atoms with E-state index in [0.717, 1.165) is 38.0 Å². The van der Waals surface area contributed by atoms with Crippen LogP contribution in [-0.2, 0) is 17.6 Å². The van der Waals surface area contributed by atoms with Crippen molar-refractivity contribution in [3.63, 3.8) is 0 Å². The van der Waals surface area contributed by atoms with Crippen molar-refractivity contribution in [2.24, 2.45) is 0 Å². The van der Waals surface area contributed by atoms with Gasteiger partial charge in [0.2, 0.25) is 0 Å². The molecule has 1 aromatic heterocycles. The first-order valence-electron chi connectivity index (χ1n) is 7.45. The second kappa shape index (κ2) is 5.45. The average Bonchev–Trinajstić information content (AvgIpc) is 2.63. The molecule has 0 aliphatic heterocycles. The van der Waals surface area contributed by atoms with Gasteiger partial charge in [0.1, 0.15) is 12.1 Å². The van der Waals surface area contributed by atoms with Gasteiger partial charge in [0.05, 0.1) is 5.60 Å². The summed E-state index contributed by atoms with van der Waals surface area (Å²) in [5.74, 6) is 1.04. The second-order valence-electron chi connectivity index (χ2n) is 5.80.